The summed E-state index contributed by atoms with van der Waals surface area (Å²) in [6, 6.07) is 0. The van der Waals surface area contributed by atoms with E-state index >= 15 is 0 Å². The van der Waals surface area contributed by atoms with Gasteiger partial charge in [0, 0.05) is 18.6 Å². The van der Waals surface area contributed by atoms with Gasteiger partial charge in [0.25, 0.3) is 0 Å². The Balaban J connectivity index is 1.83. The normalized spacial score (nSPS) is 32.3. The van der Waals surface area contributed by atoms with E-state index in [1.807, 2.05) is 6.92 Å². The lowest BCUT2D eigenvalue weighted by Crippen LogP contribution is -2.55. The van der Waals surface area contributed by atoms with Crippen molar-refractivity contribution in [2.75, 3.05) is 26.3 Å². The Bertz CT molecular complexity index is 251. The van der Waals surface area contributed by atoms with Crippen LogP contribution in [0, 0.1) is 0 Å². The summed E-state index contributed by atoms with van der Waals surface area (Å²) >= 11 is 0. The minimum atomic E-state index is -0.270. The topological polar surface area (TPSA) is 64.8 Å². The molecular weight excluding hydrogens is 196 g/mol. The lowest BCUT2D eigenvalue weighted by atomic mass is 9.93. The first-order valence-corrected chi connectivity index (χ1v) is 5.39. The second-order valence-electron chi connectivity index (χ2n) is 4.72. The highest BCUT2D eigenvalue weighted by Gasteiger charge is 2.32. The minimum absolute atomic E-state index is 0.0524. The zero-order valence-corrected chi connectivity index (χ0v) is 9.07. The molecule has 0 aromatic heterocycles. The molecule has 2 aliphatic heterocycles. The van der Waals surface area contributed by atoms with Gasteiger partial charge in [-0.05, 0) is 19.8 Å². The van der Waals surface area contributed by atoms with Gasteiger partial charge in [-0.25, -0.2) is 4.79 Å². The van der Waals surface area contributed by atoms with Gasteiger partial charge in [0.2, 0.25) is 0 Å². The predicted octanol–water partition coefficient (Wildman–Crippen LogP) is 0.335. The van der Waals surface area contributed by atoms with E-state index in [1.165, 1.54) is 0 Å². The van der Waals surface area contributed by atoms with Gasteiger partial charge in [0.05, 0.1) is 13.2 Å². The first kappa shape index (κ1) is 10.7. The number of rotatable bonds is 1. The number of piperidine rings is 1. The van der Waals surface area contributed by atoms with Crippen LogP contribution in [0.2, 0.25) is 0 Å². The van der Waals surface area contributed by atoms with Gasteiger partial charge in [-0.2, -0.15) is 0 Å². The van der Waals surface area contributed by atoms with E-state index in [2.05, 4.69) is 0 Å². The van der Waals surface area contributed by atoms with Crippen LogP contribution in [0.4, 0.5) is 4.79 Å². The Hall–Kier alpha value is -0.810. The van der Waals surface area contributed by atoms with Crippen molar-refractivity contribution in [1.82, 2.24) is 4.90 Å². The van der Waals surface area contributed by atoms with E-state index in [0.717, 1.165) is 19.4 Å². The highest BCUT2D eigenvalue weighted by Crippen LogP contribution is 2.19. The molecule has 5 nitrogen and oxygen atoms in total. The Kier molecular flexibility index (Phi) is 2.84. The first-order chi connectivity index (χ1) is 7.07. The molecule has 0 aromatic rings. The SMILES string of the molecule is CC1(N)CCCN(C(=O)OC2COC2)C1. The van der Waals surface area contributed by atoms with Crippen molar-refractivity contribution >= 4 is 6.09 Å². The molecule has 1 amide bonds. The fourth-order valence-corrected chi connectivity index (χ4v) is 1.92. The van der Waals surface area contributed by atoms with Gasteiger partial charge in [-0.1, -0.05) is 0 Å². The second-order valence-corrected chi connectivity index (χ2v) is 4.72. The molecule has 0 saturated carbocycles. The van der Waals surface area contributed by atoms with E-state index in [9.17, 15) is 4.79 Å². The van der Waals surface area contributed by atoms with Crippen LogP contribution >= 0.6 is 0 Å². The number of carbonyl (C=O) groups excluding carboxylic acids is 1. The maximum Gasteiger partial charge on any atom is 0.410 e. The van der Waals surface area contributed by atoms with Crippen LogP contribution in [-0.2, 0) is 9.47 Å². The molecule has 86 valence electrons. The average molecular weight is 214 g/mol. The smallest absolute Gasteiger partial charge is 0.410 e. The molecule has 0 aromatic carbocycles. The molecule has 2 heterocycles. The average Bonchev–Trinajstić information content (AvgIpc) is 2.09. The molecule has 2 N–H and O–H groups in total. The Morgan fingerprint density at radius 3 is 2.87 bits per heavy atom. The van der Waals surface area contributed by atoms with Crippen molar-refractivity contribution in [3.05, 3.63) is 0 Å². The first-order valence-electron chi connectivity index (χ1n) is 5.39. The lowest BCUT2D eigenvalue weighted by molar-refractivity contribution is -0.106. The van der Waals surface area contributed by atoms with Crippen LogP contribution in [0.25, 0.3) is 0 Å². The van der Waals surface area contributed by atoms with Gasteiger partial charge in [0.15, 0.2) is 6.10 Å². The number of carbonyl (C=O) groups is 1. The quantitative estimate of drug-likeness (QED) is 0.683. The summed E-state index contributed by atoms with van der Waals surface area (Å²) in [5, 5.41) is 0. The predicted molar refractivity (Wildman–Crippen MR) is 54.5 cm³/mol. The number of likely N-dealkylation sites (tertiary alicyclic amines) is 1. The summed E-state index contributed by atoms with van der Waals surface area (Å²) in [6.45, 7) is 4.36. The zero-order valence-electron chi connectivity index (χ0n) is 9.07. The monoisotopic (exact) mass is 214 g/mol. The number of nitrogens with zero attached hydrogens (tertiary/aromatic N) is 1. The molecule has 1 unspecified atom stereocenters. The molecule has 0 spiro atoms. The van der Waals surface area contributed by atoms with Crippen LogP contribution in [0.15, 0.2) is 0 Å². The molecular formula is C10H18N2O3. The van der Waals surface area contributed by atoms with E-state index < -0.39 is 0 Å². The summed E-state index contributed by atoms with van der Waals surface area (Å²) < 4.78 is 10.2. The standard InChI is InChI=1S/C10H18N2O3/c1-10(11)3-2-4-12(7-10)9(13)15-8-5-14-6-8/h8H,2-7,11H2,1H3. The molecule has 2 saturated heterocycles. The second kappa shape index (κ2) is 3.98. The van der Waals surface area contributed by atoms with E-state index in [1.54, 1.807) is 4.90 Å². The number of amides is 1. The fraction of sp³-hybridized carbons (Fsp3) is 0.900. The van der Waals surface area contributed by atoms with Gasteiger partial charge in [0.1, 0.15) is 0 Å². The summed E-state index contributed by atoms with van der Waals surface area (Å²) in [6.07, 6.45) is 1.61. The largest absolute Gasteiger partial charge is 0.441 e. The van der Waals surface area contributed by atoms with Gasteiger partial charge in [-0.15, -0.1) is 0 Å². The molecule has 2 aliphatic rings. The van der Waals surface area contributed by atoms with Gasteiger partial charge >= 0.3 is 6.09 Å². The molecule has 0 bridgehead atoms. The van der Waals surface area contributed by atoms with Crippen molar-refractivity contribution in [2.24, 2.45) is 5.73 Å². The highest BCUT2D eigenvalue weighted by atomic mass is 16.6. The van der Waals surface area contributed by atoms with E-state index in [-0.39, 0.29) is 17.7 Å². The number of hydrogen-bond donors (Lipinski definition) is 1. The Labute approximate surface area is 89.5 Å². The van der Waals surface area contributed by atoms with Crippen molar-refractivity contribution in [2.45, 2.75) is 31.4 Å². The third kappa shape index (κ3) is 2.60. The summed E-state index contributed by atoms with van der Waals surface area (Å²) in [7, 11) is 0. The summed E-state index contributed by atoms with van der Waals surface area (Å²) in [5.41, 5.74) is 5.74. The minimum Gasteiger partial charge on any atom is -0.441 e. The maximum atomic E-state index is 11.7. The Morgan fingerprint density at radius 2 is 2.33 bits per heavy atom. The highest BCUT2D eigenvalue weighted by molar-refractivity contribution is 5.68. The number of hydrogen-bond acceptors (Lipinski definition) is 4. The van der Waals surface area contributed by atoms with E-state index in [4.69, 9.17) is 15.2 Å². The Morgan fingerprint density at radius 1 is 1.60 bits per heavy atom. The number of nitrogens with two attached hydrogens (primary N) is 1. The maximum absolute atomic E-state index is 11.7. The van der Waals surface area contributed by atoms with Crippen LogP contribution in [-0.4, -0.2) is 48.9 Å². The number of ether oxygens (including phenoxy) is 2. The van der Waals surface area contributed by atoms with Crippen LogP contribution in [0.1, 0.15) is 19.8 Å². The molecule has 0 aliphatic carbocycles. The third-order valence-corrected chi connectivity index (χ3v) is 2.86. The third-order valence-electron chi connectivity index (χ3n) is 2.86. The summed E-state index contributed by atoms with van der Waals surface area (Å²) in [5.74, 6) is 0. The molecule has 15 heavy (non-hydrogen) atoms. The molecule has 2 fully saturated rings. The van der Waals surface area contributed by atoms with Crippen LogP contribution < -0.4 is 5.73 Å². The van der Waals surface area contributed by atoms with Crippen LogP contribution in [0.5, 0.6) is 0 Å². The van der Waals surface area contributed by atoms with Crippen molar-refractivity contribution in [1.29, 1.82) is 0 Å². The summed E-state index contributed by atoms with van der Waals surface area (Å²) in [4.78, 5) is 13.4. The van der Waals surface area contributed by atoms with Crippen molar-refractivity contribution in [3.63, 3.8) is 0 Å². The molecule has 0 radical (unpaired) electrons. The van der Waals surface area contributed by atoms with Crippen molar-refractivity contribution in [3.8, 4) is 0 Å². The van der Waals surface area contributed by atoms with Crippen LogP contribution in [0.3, 0.4) is 0 Å². The fourth-order valence-electron chi connectivity index (χ4n) is 1.92. The molecule has 5 heteroatoms. The van der Waals surface area contributed by atoms with Gasteiger partial charge < -0.3 is 20.1 Å². The zero-order chi connectivity index (χ0) is 10.9. The van der Waals surface area contributed by atoms with E-state index in [0.29, 0.717) is 19.8 Å². The molecule has 2 rings (SSSR count). The lowest BCUT2D eigenvalue weighted by Gasteiger charge is -2.38. The van der Waals surface area contributed by atoms with Gasteiger partial charge in [-0.3, -0.25) is 0 Å². The molecule has 1 atom stereocenters. The van der Waals surface area contributed by atoms with Crippen molar-refractivity contribution < 1.29 is 14.3 Å².